The Morgan fingerprint density at radius 1 is 1.04 bits per heavy atom. The number of phenolic OH excluding ortho intramolecular Hbond substituents is 1. The van der Waals surface area contributed by atoms with E-state index in [9.17, 15) is 20.1 Å². The zero-order chi connectivity index (χ0) is 19.8. The second-order valence-corrected chi connectivity index (χ2v) is 5.62. The van der Waals surface area contributed by atoms with E-state index in [-0.39, 0.29) is 11.5 Å². The number of allylic oxidation sites excluding steroid dienone is 1. The Morgan fingerprint density at radius 2 is 1.78 bits per heavy atom. The summed E-state index contributed by atoms with van der Waals surface area (Å²) in [5, 5.41) is 29.9. The molecule has 7 nitrogen and oxygen atoms in total. The van der Waals surface area contributed by atoms with Gasteiger partial charge in [-0.2, -0.15) is 0 Å². The lowest BCUT2D eigenvalue weighted by molar-refractivity contribution is -0.104. The van der Waals surface area contributed by atoms with Crippen LogP contribution in [0.1, 0.15) is 17.2 Å². The van der Waals surface area contributed by atoms with Crippen LogP contribution in [0.2, 0.25) is 0 Å². The molecule has 0 bridgehead atoms. The zero-order valence-corrected chi connectivity index (χ0v) is 15.0. The van der Waals surface area contributed by atoms with Crippen LogP contribution >= 0.6 is 0 Å². The summed E-state index contributed by atoms with van der Waals surface area (Å²) in [6.45, 7) is -0.458. The topological polar surface area (TPSA) is 105 Å². The molecule has 0 radical (unpaired) electrons. The van der Waals surface area contributed by atoms with Crippen LogP contribution in [0.3, 0.4) is 0 Å². The highest BCUT2D eigenvalue weighted by molar-refractivity contribution is 5.74. The quantitative estimate of drug-likeness (QED) is 0.456. The average molecular weight is 374 g/mol. The summed E-state index contributed by atoms with van der Waals surface area (Å²) in [6.07, 6.45) is 1.48. The second kappa shape index (κ2) is 9.61. The molecule has 0 saturated heterocycles. The molecule has 2 aromatic rings. The average Bonchev–Trinajstić information content (AvgIpc) is 2.70. The molecular formula is C20H22O7. The maximum atomic E-state index is 10.6. The molecule has 0 aliphatic heterocycles. The highest BCUT2D eigenvalue weighted by atomic mass is 16.5. The third kappa shape index (κ3) is 4.99. The van der Waals surface area contributed by atoms with Crippen LogP contribution in [0.25, 0.3) is 6.08 Å². The number of hydrogen-bond acceptors (Lipinski definition) is 7. The molecular weight excluding hydrogens is 352 g/mol. The van der Waals surface area contributed by atoms with E-state index >= 15 is 0 Å². The van der Waals surface area contributed by atoms with Crippen molar-refractivity contribution in [3.05, 3.63) is 53.6 Å². The van der Waals surface area contributed by atoms with Crippen LogP contribution < -0.4 is 14.2 Å². The van der Waals surface area contributed by atoms with Crippen molar-refractivity contribution in [1.82, 2.24) is 0 Å². The monoisotopic (exact) mass is 374 g/mol. The van der Waals surface area contributed by atoms with E-state index in [0.29, 0.717) is 23.3 Å². The summed E-state index contributed by atoms with van der Waals surface area (Å²) in [7, 11) is 2.86. The van der Waals surface area contributed by atoms with Crippen molar-refractivity contribution in [2.75, 3.05) is 20.8 Å². The van der Waals surface area contributed by atoms with Crippen molar-refractivity contribution in [1.29, 1.82) is 0 Å². The van der Waals surface area contributed by atoms with Gasteiger partial charge < -0.3 is 29.5 Å². The molecule has 0 heterocycles. The molecule has 7 heteroatoms. The van der Waals surface area contributed by atoms with Crippen molar-refractivity contribution in [2.24, 2.45) is 0 Å². The molecule has 0 unspecified atom stereocenters. The fourth-order valence-electron chi connectivity index (χ4n) is 2.49. The molecule has 0 fully saturated rings. The van der Waals surface area contributed by atoms with E-state index in [1.807, 2.05) is 0 Å². The molecule has 0 saturated carbocycles. The minimum atomic E-state index is -1.18. The van der Waals surface area contributed by atoms with Gasteiger partial charge in [-0.15, -0.1) is 0 Å². The Bertz CT molecular complexity index is 801. The van der Waals surface area contributed by atoms with Gasteiger partial charge in [0, 0.05) is 0 Å². The number of aliphatic hydroxyl groups excluding tert-OH is 2. The Hall–Kier alpha value is -3.03. The summed E-state index contributed by atoms with van der Waals surface area (Å²) in [4.78, 5) is 10.4. The number of aldehydes is 1. The number of phenols is 1. The maximum absolute atomic E-state index is 10.6. The van der Waals surface area contributed by atoms with Crippen LogP contribution in [0.15, 0.2) is 42.5 Å². The number of aromatic hydroxyl groups is 1. The van der Waals surface area contributed by atoms with Crippen molar-refractivity contribution < 1.29 is 34.3 Å². The molecule has 2 rings (SSSR count). The minimum absolute atomic E-state index is 0.0597. The number of hydrogen-bond donors (Lipinski definition) is 3. The summed E-state index contributed by atoms with van der Waals surface area (Å²) >= 11 is 0. The summed E-state index contributed by atoms with van der Waals surface area (Å²) in [6, 6.07) is 9.37. The summed E-state index contributed by atoms with van der Waals surface area (Å²) < 4.78 is 16.1. The number of benzene rings is 2. The van der Waals surface area contributed by atoms with E-state index in [1.54, 1.807) is 24.3 Å². The smallest absolute Gasteiger partial charge is 0.161 e. The normalized spacial score (nSPS) is 13.2. The zero-order valence-electron chi connectivity index (χ0n) is 15.0. The van der Waals surface area contributed by atoms with E-state index in [0.717, 1.165) is 5.56 Å². The van der Waals surface area contributed by atoms with Gasteiger partial charge in [-0.05, 0) is 41.5 Å². The first-order valence-corrected chi connectivity index (χ1v) is 8.16. The Balaban J connectivity index is 2.25. The van der Waals surface area contributed by atoms with Crippen LogP contribution in [-0.4, -0.2) is 48.5 Å². The highest BCUT2D eigenvalue weighted by Crippen LogP contribution is 2.34. The molecule has 0 aromatic heterocycles. The van der Waals surface area contributed by atoms with Gasteiger partial charge in [0.2, 0.25) is 0 Å². The van der Waals surface area contributed by atoms with Gasteiger partial charge in [-0.25, -0.2) is 0 Å². The Kier molecular flexibility index (Phi) is 7.22. The van der Waals surface area contributed by atoms with Crippen LogP contribution in [-0.2, 0) is 4.79 Å². The first-order valence-electron chi connectivity index (χ1n) is 8.16. The summed E-state index contributed by atoms with van der Waals surface area (Å²) in [5.74, 6) is 0.851. The number of rotatable bonds is 9. The SMILES string of the molecule is COc1cc([C@H](O)[C@@H](CO)Oc2ccc(C=CC=O)cc2OC)ccc1O. The number of methoxy groups -OCH3 is 2. The van der Waals surface area contributed by atoms with E-state index in [1.165, 1.54) is 38.5 Å². The van der Waals surface area contributed by atoms with Gasteiger partial charge in [-0.1, -0.05) is 18.2 Å². The number of carbonyl (C=O) groups excluding carboxylic acids is 1. The Labute approximate surface area is 157 Å². The van der Waals surface area contributed by atoms with Gasteiger partial charge in [0.15, 0.2) is 29.1 Å². The molecule has 2 aromatic carbocycles. The van der Waals surface area contributed by atoms with Gasteiger partial charge in [-0.3, -0.25) is 4.79 Å². The first-order chi connectivity index (χ1) is 13.0. The molecule has 0 amide bonds. The molecule has 144 valence electrons. The van der Waals surface area contributed by atoms with Crippen molar-refractivity contribution in [3.8, 4) is 23.0 Å². The summed E-state index contributed by atoms with van der Waals surface area (Å²) in [5.41, 5.74) is 1.14. The maximum Gasteiger partial charge on any atom is 0.161 e. The fraction of sp³-hybridized carbons (Fsp3) is 0.250. The second-order valence-electron chi connectivity index (χ2n) is 5.62. The van der Waals surface area contributed by atoms with Crippen molar-refractivity contribution in [3.63, 3.8) is 0 Å². The van der Waals surface area contributed by atoms with Gasteiger partial charge >= 0.3 is 0 Å². The molecule has 0 spiro atoms. The van der Waals surface area contributed by atoms with Crippen LogP contribution in [0, 0.1) is 0 Å². The Morgan fingerprint density at radius 3 is 2.41 bits per heavy atom. The van der Waals surface area contributed by atoms with Crippen molar-refractivity contribution >= 4 is 12.4 Å². The largest absolute Gasteiger partial charge is 0.504 e. The fourth-order valence-corrected chi connectivity index (χ4v) is 2.49. The lowest BCUT2D eigenvalue weighted by Crippen LogP contribution is -2.29. The lowest BCUT2D eigenvalue weighted by atomic mass is 10.0. The molecule has 2 atom stereocenters. The van der Waals surface area contributed by atoms with Gasteiger partial charge in [0.25, 0.3) is 0 Å². The predicted molar refractivity (Wildman–Crippen MR) is 99.2 cm³/mol. The van der Waals surface area contributed by atoms with E-state index in [4.69, 9.17) is 14.2 Å². The van der Waals surface area contributed by atoms with Crippen LogP contribution in [0.5, 0.6) is 23.0 Å². The third-order valence-electron chi connectivity index (χ3n) is 3.91. The first kappa shape index (κ1) is 20.3. The van der Waals surface area contributed by atoms with E-state index in [2.05, 4.69) is 0 Å². The molecule has 0 aliphatic rings. The number of ether oxygens (including phenoxy) is 3. The van der Waals surface area contributed by atoms with E-state index < -0.39 is 18.8 Å². The standard InChI is InChI=1S/C20H22O7/c1-25-17-11-14(6-7-15(17)23)20(24)19(12-22)27-16-8-5-13(4-3-9-21)10-18(16)26-2/h3-11,19-20,22-24H,12H2,1-2H3/t19-,20+/m1/s1. The lowest BCUT2D eigenvalue weighted by Gasteiger charge is -2.24. The van der Waals surface area contributed by atoms with Gasteiger partial charge in [0.05, 0.1) is 20.8 Å². The third-order valence-corrected chi connectivity index (χ3v) is 3.91. The molecule has 0 aliphatic carbocycles. The minimum Gasteiger partial charge on any atom is -0.504 e. The number of aliphatic hydroxyl groups is 2. The van der Waals surface area contributed by atoms with Crippen LogP contribution in [0.4, 0.5) is 0 Å². The number of carbonyl (C=O) groups is 1. The van der Waals surface area contributed by atoms with Crippen molar-refractivity contribution in [2.45, 2.75) is 12.2 Å². The predicted octanol–water partition coefficient (Wildman–Crippen LogP) is 2.09. The molecule has 27 heavy (non-hydrogen) atoms. The van der Waals surface area contributed by atoms with Gasteiger partial charge in [0.1, 0.15) is 12.4 Å². The molecule has 3 N–H and O–H groups in total. The highest BCUT2D eigenvalue weighted by Gasteiger charge is 2.24.